The van der Waals surface area contributed by atoms with Crippen LogP contribution in [0.3, 0.4) is 0 Å². The van der Waals surface area contributed by atoms with Crippen LogP contribution in [-0.4, -0.2) is 29.9 Å². The molecule has 2 aromatic carbocycles. The lowest BCUT2D eigenvalue weighted by Gasteiger charge is -2.20. The van der Waals surface area contributed by atoms with Crippen molar-refractivity contribution in [1.29, 1.82) is 0 Å². The summed E-state index contributed by atoms with van der Waals surface area (Å²) in [6, 6.07) is 19.7. The molecule has 3 aromatic rings. The maximum Gasteiger partial charge on any atom is 0.164 e. The van der Waals surface area contributed by atoms with E-state index < -0.39 is 0 Å². The number of rotatable bonds is 11. The van der Waals surface area contributed by atoms with E-state index in [1.807, 2.05) is 57.2 Å². The molecule has 0 aliphatic heterocycles. The fourth-order valence-electron chi connectivity index (χ4n) is 3.30. The van der Waals surface area contributed by atoms with Crippen LogP contribution >= 0.6 is 0 Å². The quantitative estimate of drug-likeness (QED) is 0.333. The highest BCUT2D eigenvalue weighted by atomic mass is 16.5. The van der Waals surface area contributed by atoms with Crippen molar-refractivity contribution in [2.24, 2.45) is 0 Å². The number of allylic oxidation sites excluding steroid dienone is 1. The van der Waals surface area contributed by atoms with Gasteiger partial charge in [-0.2, -0.15) is 0 Å². The number of aryl methyl sites for hydroxylation is 1. The largest absolute Gasteiger partial charge is 0.509 e. The molecule has 1 N–H and O–H groups in total. The second-order valence-electron chi connectivity index (χ2n) is 7.85. The number of hydrogen-bond donors (Lipinski definition) is 1. The van der Waals surface area contributed by atoms with Gasteiger partial charge in [0.2, 0.25) is 0 Å². The summed E-state index contributed by atoms with van der Waals surface area (Å²) in [5.41, 5.74) is 5.72. The molecule has 1 heterocycles. The predicted molar refractivity (Wildman–Crippen MR) is 133 cm³/mol. The van der Waals surface area contributed by atoms with E-state index in [-0.39, 0.29) is 18.5 Å². The molecule has 0 radical (unpaired) electrons. The lowest BCUT2D eigenvalue weighted by atomic mass is 10.0. The summed E-state index contributed by atoms with van der Waals surface area (Å²) in [7, 11) is 0. The molecule has 0 fully saturated rings. The van der Waals surface area contributed by atoms with E-state index in [1.54, 1.807) is 0 Å². The topological polar surface area (TPSA) is 60.8 Å². The number of aliphatic hydroxyl groups is 1. The second kappa shape index (κ2) is 11.3. The van der Waals surface area contributed by atoms with Gasteiger partial charge in [0.05, 0.1) is 18.0 Å². The Balaban J connectivity index is 1.83. The Morgan fingerprint density at radius 2 is 1.82 bits per heavy atom. The molecule has 5 nitrogen and oxygen atoms in total. The summed E-state index contributed by atoms with van der Waals surface area (Å²) in [5, 5.41) is 9.26. The molecule has 0 saturated carbocycles. The SMILES string of the molecule is C=C(O)COc1ccc(OC(COCC)c2cccc(-c3ccc(C(=C)C)cc3)n2)cc1C. The van der Waals surface area contributed by atoms with Gasteiger partial charge in [-0.25, -0.2) is 4.98 Å². The molecule has 3 rings (SSSR count). The first kappa shape index (κ1) is 24.1. The first-order valence-electron chi connectivity index (χ1n) is 10.9. The minimum atomic E-state index is -0.372. The van der Waals surface area contributed by atoms with Crippen LogP contribution in [0.15, 0.2) is 79.6 Å². The maximum absolute atomic E-state index is 9.26. The average Bonchev–Trinajstić information content (AvgIpc) is 2.81. The van der Waals surface area contributed by atoms with E-state index in [1.165, 1.54) is 0 Å². The smallest absolute Gasteiger partial charge is 0.164 e. The van der Waals surface area contributed by atoms with Gasteiger partial charge in [-0.15, -0.1) is 0 Å². The van der Waals surface area contributed by atoms with E-state index in [2.05, 4.69) is 37.4 Å². The summed E-state index contributed by atoms with van der Waals surface area (Å²) in [6.07, 6.45) is -0.372. The van der Waals surface area contributed by atoms with Crippen LogP contribution in [0.25, 0.3) is 16.8 Å². The Morgan fingerprint density at radius 1 is 1.06 bits per heavy atom. The fraction of sp³-hybridized carbons (Fsp3) is 0.250. The van der Waals surface area contributed by atoms with Crippen LogP contribution < -0.4 is 9.47 Å². The first-order chi connectivity index (χ1) is 15.9. The molecule has 5 heteroatoms. The van der Waals surface area contributed by atoms with E-state index >= 15 is 0 Å². The lowest BCUT2D eigenvalue weighted by molar-refractivity contribution is 0.0540. The lowest BCUT2D eigenvalue weighted by Crippen LogP contribution is -2.16. The Kier molecular flexibility index (Phi) is 8.28. The molecule has 0 saturated heterocycles. The molecule has 1 aromatic heterocycles. The summed E-state index contributed by atoms with van der Waals surface area (Å²) >= 11 is 0. The van der Waals surface area contributed by atoms with Crippen molar-refractivity contribution in [2.75, 3.05) is 19.8 Å². The van der Waals surface area contributed by atoms with Crippen molar-refractivity contribution in [1.82, 2.24) is 4.98 Å². The Bertz CT molecular complexity index is 1110. The minimum absolute atomic E-state index is 0.0215. The van der Waals surface area contributed by atoms with Crippen LogP contribution in [0.1, 0.15) is 36.8 Å². The molecule has 1 atom stereocenters. The van der Waals surface area contributed by atoms with Gasteiger partial charge in [0.15, 0.2) is 6.10 Å². The number of pyridine rings is 1. The fourth-order valence-corrected chi connectivity index (χ4v) is 3.30. The summed E-state index contributed by atoms with van der Waals surface area (Å²) < 4.78 is 17.5. The van der Waals surface area contributed by atoms with Gasteiger partial charge in [0.1, 0.15) is 23.9 Å². The summed E-state index contributed by atoms with van der Waals surface area (Å²) in [6.45, 7) is 14.3. The number of hydrogen-bond acceptors (Lipinski definition) is 5. The standard InChI is InChI=1S/C28H31NO4/c1-6-31-18-28(33-24-14-15-27(20(4)16-24)32-17-21(5)30)26-9-7-8-25(29-26)23-12-10-22(11-13-23)19(2)3/h7-16,28,30H,2,5-6,17-18H2,1,3-4H3. The highest BCUT2D eigenvalue weighted by molar-refractivity contribution is 5.66. The van der Waals surface area contributed by atoms with E-state index in [9.17, 15) is 5.11 Å². The average molecular weight is 446 g/mol. The van der Waals surface area contributed by atoms with Gasteiger partial charge in [-0.1, -0.05) is 49.1 Å². The number of aliphatic hydroxyl groups excluding tert-OH is 1. The van der Waals surface area contributed by atoms with Crippen LogP contribution in [0, 0.1) is 6.92 Å². The van der Waals surface area contributed by atoms with Crippen LogP contribution in [0.5, 0.6) is 11.5 Å². The number of ether oxygens (including phenoxy) is 3. The molecule has 0 amide bonds. The molecule has 33 heavy (non-hydrogen) atoms. The van der Waals surface area contributed by atoms with Crippen molar-refractivity contribution in [3.8, 4) is 22.8 Å². The van der Waals surface area contributed by atoms with Gasteiger partial charge >= 0.3 is 0 Å². The highest BCUT2D eigenvalue weighted by Gasteiger charge is 2.17. The van der Waals surface area contributed by atoms with Gasteiger partial charge < -0.3 is 19.3 Å². The van der Waals surface area contributed by atoms with Crippen molar-refractivity contribution in [2.45, 2.75) is 26.9 Å². The van der Waals surface area contributed by atoms with Crippen LogP contribution in [0.4, 0.5) is 0 Å². The molecule has 0 aliphatic carbocycles. The summed E-state index contributed by atoms with van der Waals surface area (Å²) in [5.74, 6) is 1.33. The van der Waals surface area contributed by atoms with Crippen molar-refractivity contribution in [3.05, 3.63) is 96.4 Å². The Labute approximate surface area is 196 Å². The molecular weight excluding hydrogens is 414 g/mol. The molecular formula is C28H31NO4. The maximum atomic E-state index is 9.26. The zero-order chi connectivity index (χ0) is 23.8. The number of nitrogens with zero attached hydrogens (tertiary/aromatic N) is 1. The third kappa shape index (κ3) is 6.70. The third-order valence-corrected chi connectivity index (χ3v) is 5.07. The second-order valence-corrected chi connectivity index (χ2v) is 7.85. The van der Waals surface area contributed by atoms with E-state index in [4.69, 9.17) is 19.2 Å². The predicted octanol–water partition coefficient (Wildman–Crippen LogP) is 6.70. The van der Waals surface area contributed by atoms with Gasteiger partial charge in [-0.05, 0) is 62.2 Å². The van der Waals surface area contributed by atoms with Crippen LogP contribution in [-0.2, 0) is 4.74 Å². The third-order valence-electron chi connectivity index (χ3n) is 5.07. The van der Waals surface area contributed by atoms with E-state index in [0.29, 0.717) is 24.7 Å². The molecule has 0 aliphatic rings. The highest BCUT2D eigenvalue weighted by Crippen LogP contribution is 2.29. The molecule has 0 spiro atoms. The van der Waals surface area contributed by atoms with Crippen molar-refractivity contribution >= 4 is 5.57 Å². The molecule has 0 bridgehead atoms. The Hall–Kier alpha value is -3.57. The minimum Gasteiger partial charge on any atom is -0.509 e. The Morgan fingerprint density at radius 3 is 2.45 bits per heavy atom. The van der Waals surface area contributed by atoms with E-state index in [0.717, 1.165) is 33.7 Å². The number of benzene rings is 2. The molecule has 172 valence electrons. The van der Waals surface area contributed by atoms with Gasteiger partial charge in [-0.3, -0.25) is 0 Å². The van der Waals surface area contributed by atoms with Crippen molar-refractivity contribution < 1.29 is 19.3 Å². The zero-order valence-electron chi connectivity index (χ0n) is 19.5. The van der Waals surface area contributed by atoms with Gasteiger partial charge in [0.25, 0.3) is 0 Å². The number of aromatic nitrogens is 1. The van der Waals surface area contributed by atoms with Crippen LogP contribution in [0.2, 0.25) is 0 Å². The zero-order valence-corrected chi connectivity index (χ0v) is 19.5. The van der Waals surface area contributed by atoms with Gasteiger partial charge in [0, 0.05) is 12.2 Å². The van der Waals surface area contributed by atoms with Crippen molar-refractivity contribution in [3.63, 3.8) is 0 Å². The first-order valence-corrected chi connectivity index (χ1v) is 10.9. The summed E-state index contributed by atoms with van der Waals surface area (Å²) in [4.78, 5) is 4.87. The molecule has 1 unspecified atom stereocenters. The normalized spacial score (nSPS) is 11.6. The monoisotopic (exact) mass is 445 g/mol.